The molecule has 1 N–H and O–H groups in total. The molecule has 224 valence electrons. The number of fused-ring (bicyclic) bond motifs is 1. The Balaban J connectivity index is 1.00. The lowest BCUT2D eigenvalue weighted by Gasteiger charge is -2.09. The first-order valence-corrected chi connectivity index (χ1v) is 14.0. The summed E-state index contributed by atoms with van der Waals surface area (Å²) in [5.74, 6) is -1.57. The van der Waals surface area contributed by atoms with Crippen LogP contribution in [0, 0.1) is 13.8 Å². The molecular formula is C30H32N6O7. The molecule has 3 aromatic heterocycles. The van der Waals surface area contributed by atoms with E-state index in [2.05, 4.69) is 20.6 Å². The highest BCUT2D eigenvalue weighted by atomic mass is 16.6. The van der Waals surface area contributed by atoms with Gasteiger partial charge in [0, 0.05) is 41.7 Å². The van der Waals surface area contributed by atoms with Crippen LogP contribution in [0.15, 0.2) is 48.8 Å². The predicted octanol–water partition coefficient (Wildman–Crippen LogP) is 2.73. The zero-order valence-electron chi connectivity index (χ0n) is 23.9. The lowest BCUT2D eigenvalue weighted by Crippen LogP contribution is -2.28. The number of ketones is 2. The number of carbonyl (C=O) groups is 4. The number of hydrogen-bond acceptors (Lipinski definition) is 10. The molecule has 0 atom stereocenters. The molecule has 0 unspecified atom stereocenters. The van der Waals surface area contributed by atoms with Gasteiger partial charge in [0.15, 0.2) is 11.6 Å². The van der Waals surface area contributed by atoms with Gasteiger partial charge in [-0.05, 0) is 38.1 Å². The Bertz CT molecular complexity index is 1630. The first-order chi connectivity index (χ1) is 20.8. The van der Waals surface area contributed by atoms with E-state index in [0.717, 1.165) is 17.0 Å². The van der Waals surface area contributed by atoms with E-state index in [1.54, 1.807) is 10.7 Å². The van der Waals surface area contributed by atoms with Crippen molar-refractivity contribution in [3.05, 3.63) is 65.7 Å². The van der Waals surface area contributed by atoms with Crippen LogP contribution in [0.25, 0.3) is 16.9 Å². The van der Waals surface area contributed by atoms with Crippen molar-refractivity contribution < 1.29 is 33.4 Å². The van der Waals surface area contributed by atoms with E-state index in [0.29, 0.717) is 42.4 Å². The van der Waals surface area contributed by atoms with Crippen LogP contribution in [-0.2, 0) is 35.1 Å². The van der Waals surface area contributed by atoms with E-state index < -0.39 is 12.1 Å². The molecule has 4 aromatic rings. The van der Waals surface area contributed by atoms with Gasteiger partial charge >= 0.3 is 5.97 Å². The van der Waals surface area contributed by atoms with E-state index in [9.17, 15) is 19.2 Å². The number of carbonyl (C=O) groups excluding carboxylic acids is 4. The number of hydrogen-bond donors (Lipinski definition) is 1. The average molecular weight is 589 g/mol. The third kappa shape index (κ3) is 7.37. The molecule has 1 amide bonds. The number of nitrogens with zero attached hydrogens (tertiary/aromatic N) is 5. The van der Waals surface area contributed by atoms with Crippen molar-refractivity contribution >= 4 is 34.8 Å². The summed E-state index contributed by atoms with van der Waals surface area (Å²) in [5, 5.41) is 11.3. The van der Waals surface area contributed by atoms with Crippen molar-refractivity contribution in [1.29, 1.82) is 0 Å². The number of anilines is 1. The number of aryl methyl sites for hydroxylation is 2. The molecule has 0 saturated heterocycles. The minimum absolute atomic E-state index is 0.0480. The second-order valence-electron chi connectivity index (χ2n) is 10.1. The molecule has 1 saturated carbocycles. The highest BCUT2D eigenvalue weighted by molar-refractivity contribution is 6.12. The summed E-state index contributed by atoms with van der Waals surface area (Å²) < 4.78 is 19.4. The third-order valence-corrected chi connectivity index (χ3v) is 6.90. The SMILES string of the molecule is Cc1cc(C)n2ccc(C(=O)Nc3ccc(-c4cn(CCOCCOCCC(=O)OC5C(=O)CCC5=O)nn4)cc3)c2n1. The standard InChI is InChI=1S/C30H32N6O7/c1-19-17-20(2)36-11-9-23(29(36)31-19)30(40)32-22-5-3-21(4-6-22)24-18-35(34-33-24)12-14-42-16-15-41-13-10-27(39)43-28-25(37)7-8-26(28)38/h3-6,9,11,17-18,28H,7-8,10,12-16H2,1-2H3,(H,32,40). The maximum atomic E-state index is 12.9. The molecule has 1 aliphatic rings. The largest absolute Gasteiger partial charge is 0.446 e. The molecular weight excluding hydrogens is 556 g/mol. The number of amides is 1. The summed E-state index contributed by atoms with van der Waals surface area (Å²) >= 11 is 0. The van der Waals surface area contributed by atoms with Crippen molar-refractivity contribution in [2.24, 2.45) is 0 Å². The minimum Gasteiger partial charge on any atom is -0.446 e. The molecule has 0 radical (unpaired) electrons. The van der Waals surface area contributed by atoms with Crippen molar-refractivity contribution in [3.63, 3.8) is 0 Å². The predicted molar refractivity (Wildman–Crippen MR) is 153 cm³/mol. The van der Waals surface area contributed by atoms with Crippen molar-refractivity contribution in [2.45, 2.75) is 45.8 Å². The maximum absolute atomic E-state index is 12.9. The van der Waals surface area contributed by atoms with Gasteiger partial charge in [-0.15, -0.1) is 5.10 Å². The first-order valence-electron chi connectivity index (χ1n) is 14.0. The number of ether oxygens (including phenoxy) is 3. The molecule has 1 aromatic carbocycles. The molecule has 0 aliphatic heterocycles. The van der Waals surface area contributed by atoms with Crippen LogP contribution in [0.1, 0.15) is 41.0 Å². The highest BCUT2D eigenvalue weighted by Gasteiger charge is 2.35. The van der Waals surface area contributed by atoms with Crippen molar-refractivity contribution in [3.8, 4) is 11.3 Å². The fourth-order valence-electron chi connectivity index (χ4n) is 4.68. The molecule has 0 bridgehead atoms. The molecule has 13 heteroatoms. The Hall–Kier alpha value is -4.75. The number of nitrogens with one attached hydrogen (secondary N) is 1. The number of rotatable bonds is 13. The molecule has 43 heavy (non-hydrogen) atoms. The summed E-state index contributed by atoms with van der Waals surface area (Å²) in [4.78, 5) is 52.3. The lowest BCUT2D eigenvalue weighted by atomic mass is 10.1. The van der Waals surface area contributed by atoms with Gasteiger partial charge in [0.2, 0.25) is 6.10 Å². The normalized spacial score (nSPS) is 13.6. The van der Waals surface area contributed by atoms with E-state index in [1.165, 1.54) is 0 Å². The van der Waals surface area contributed by atoms with Crippen LogP contribution < -0.4 is 5.32 Å². The van der Waals surface area contributed by atoms with Gasteiger partial charge in [0.25, 0.3) is 5.91 Å². The zero-order valence-corrected chi connectivity index (χ0v) is 23.9. The van der Waals surface area contributed by atoms with Gasteiger partial charge in [-0.3, -0.25) is 19.2 Å². The Morgan fingerprint density at radius 3 is 2.44 bits per heavy atom. The van der Waals surface area contributed by atoms with Crippen LogP contribution in [-0.4, -0.2) is 80.4 Å². The smallest absolute Gasteiger partial charge is 0.309 e. The van der Waals surface area contributed by atoms with Crippen molar-refractivity contribution in [2.75, 3.05) is 31.7 Å². The quantitative estimate of drug-likeness (QED) is 0.140. The summed E-state index contributed by atoms with van der Waals surface area (Å²) in [6, 6.07) is 11.1. The molecule has 0 spiro atoms. The second kappa shape index (κ2) is 13.5. The van der Waals surface area contributed by atoms with Gasteiger partial charge in [0.05, 0.1) is 51.2 Å². The Morgan fingerprint density at radius 1 is 0.977 bits per heavy atom. The fourth-order valence-corrected chi connectivity index (χ4v) is 4.68. The van der Waals surface area contributed by atoms with E-state index in [1.807, 2.05) is 61.0 Å². The molecule has 1 aliphatic carbocycles. The first kappa shape index (κ1) is 29.7. The molecule has 5 rings (SSSR count). The number of Topliss-reactive ketones (excluding diaryl/α,β-unsaturated/α-hetero) is 2. The number of esters is 1. The molecule has 13 nitrogen and oxygen atoms in total. The lowest BCUT2D eigenvalue weighted by molar-refractivity contribution is -0.158. The van der Waals surface area contributed by atoms with Gasteiger partial charge in [0.1, 0.15) is 11.3 Å². The highest BCUT2D eigenvalue weighted by Crippen LogP contribution is 2.21. The number of aromatic nitrogens is 5. The zero-order chi connectivity index (χ0) is 30.3. The minimum atomic E-state index is -1.25. The summed E-state index contributed by atoms with van der Waals surface area (Å²) in [6.45, 7) is 5.44. The van der Waals surface area contributed by atoms with Crippen LogP contribution in [0.2, 0.25) is 0 Å². The summed E-state index contributed by atoms with van der Waals surface area (Å²) in [7, 11) is 0. The Kier molecular flexibility index (Phi) is 9.32. The van der Waals surface area contributed by atoms with Crippen LogP contribution in [0.4, 0.5) is 5.69 Å². The summed E-state index contributed by atoms with van der Waals surface area (Å²) in [6.07, 6.45) is 2.60. The van der Waals surface area contributed by atoms with E-state index >= 15 is 0 Å². The average Bonchev–Trinajstić information content (AvgIpc) is 3.71. The van der Waals surface area contributed by atoms with Gasteiger partial charge in [-0.25, -0.2) is 9.67 Å². The van der Waals surface area contributed by atoms with Crippen LogP contribution >= 0.6 is 0 Å². The Labute approximate surface area is 247 Å². The molecule has 3 heterocycles. The van der Waals surface area contributed by atoms with Gasteiger partial charge in [-0.1, -0.05) is 17.3 Å². The summed E-state index contributed by atoms with van der Waals surface area (Å²) in [5.41, 5.74) is 5.16. The van der Waals surface area contributed by atoms with Gasteiger partial charge in [-0.2, -0.15) is 0 Å². The second-order valence-corrected chi connectivity index (χ2v) is 10.1. The topological polar surface area (TPSA) is 156 Å². The Morgan fingerprint density at radius 2 is 1.70 bits per heavy atom. The third-order valence-electron chi connectivity index (χ3n) is 6.90. The number of benzene rings is 1. The fraction of sp³-hybridized carbons (Fsp3) is 0.367. The van der Waals surface area contributed by atoms with E-state index in [4.69, 9.17) is 14.2 Å². The monoisotopic (exact) mass is 588 g/mol. The van der Waals surface area contributed by atoms with Crippen molar-refractivity contribution in [1.82, 2.24) is 24.4 Å². The van der Waals surface area contributed by atoms with Crippen LogP contribution in [0.5, 0.6) is 0 Å². The molecule has 1 fully saturated rings. The van der Waals surface area contributed by atoms with Crippen LogP contribution in [0.3, 0.4) is 0 Å². The maximum Gasteiger partial charge on any atom is 0.309 e. The van der Waals surface area contributed by atoms with E-state index in [-0.39, 0.29) is 49.9 Å². The van der Waals surface area contributed by atoms with Gasteiger partial charge < -0.3 is 23.9 Å².